The van der Waals surface area contributed by atoms with Gasteiger partial charge in [-0.25, -0.2) is 4.98 Å². The van der Waals surface area contributed by atoms with Gasteiger partial charge in [0.15, 0.2) is 5.82 Å². The largest absolute Gasteiger partial charge is 0.368 e. The molecular weight excluding hydrogens is 296 g/mol. The Kier molecular flexibility index (Phi) is 3.41. The maximum Gasteiger partial charge on any atom is 0.368 e. The van der Waals surface area contributed by atoms with Crippen LogP contribution >= 0.6 is 0 Å². The topological polar surface area (TPSA) is 79.8 Å². The molecule has 0 saturated carbocycles. The van der Waals surface area contributed by atoms with E-state index in [9.17, 15) is 10.1 Å². The molecule has 4 heterocycles. The number of aromatic nitrogens is 3. The van der Waals surface area contributed by atoms with Gasteiger partial charge in [0.25, 0.3) is 0 Å². The number of fused-ring (bicyclic) bond motifs is 2. The first-order chi connectivity index (χ1) is 11.1. The highest BCUT2D eigenvalue weighted by Gasteiger charge is 2.35. The summed E-state index contributed by atoms with van der Waals surface area (Å²) in [6, 6.07) is 4.37. The van der Waals surface area contributed by atoms with Crippen molar-refractivity contribution in [3.05, 3.63) is 28.4 Å². The van der Waals surface area contributed by atoms with E-state index >= 15 is 0 Å². The Hall–Kier alpha value is -2.22. The molecule has 8 nitrogen and oxygen atoms in total. The van der Waals surface area contributed by atoms with Gasteiger partial charge in [0.1, 0.15) is 6.20 Å². The summed E-state index contributed by atoms with van der Waals surface area (Å²) in [6.45, 7) is 3.09. The minimum absolute atomic E-state index is 0.0888. The quantitative estimate of drug-likeness (QED) is 0.618. The summed E-state index contributed by atoms with van der Waals surface area (Å²) in [6.07, 6.45) is 4.87. The average molecular weight is 316 g/mol. The van der Waals surface area contributed by atoms with Gasteiger partial charge in [0, 0.05) is 25.2 Å². The van der Waals surface area contributed by atoms with Crippen LogP contribution in [0.3, 0.4) is 0 Å². The predicted octanol–water partition coefficient (Wildman–Crippen LogP) is 1.56. The van der Waals surface area contributed by atoms with Crippen molar-refractivity contribution in [1.29, 1.82) is 0 Å². The first-order valence-corrected chi connectivity index (χ1v) is 8.08. The lowest BCUT2D eigenvalue weighted by Crippen LogP contribution is -2.53. The Morgan fingerprint density at radius 2 is 2.17 bits per heavy atom. The lowest BCUT2D eigenvalue weighted by atomic mass is 9.84. The summed E-state index contributed by atoms with van der Waals surface area (Å²) in [5.74, 6) is 1.36. The van der Waals surface area contributed by atoms with Crippen molar-refractivity contribution in [2.75, 3.05) is 31.6 Å². The number of rotatable bonds is 2. The molecule has 2 aromatic heterocycles. The van der Waals surface area contributed by atoms with Crippen LogP contribution in [0.5, 0.6) is 0 Å². The van der Waals surface area contributed by atoms with E-state index in [0.29, 0.717) is 17.6 Å². The molecule has 0 bridgehead atoms. The monoisotopic (exact) mass is 316 g/mol. The van der Waals surface area contributed by atoms with E-state index in [0.717, 1.165) is 25.3 Å². The highest BCUT2D eigenvalue weighted by atomic mass is 16.6. The molecule has 2 aliphatic rings. The first kappa shape index (κ1) is 14.4. The Labute approximate surface area is 133 Å². The Morgan fingerprint density at radius 1 is 1.30 bits per heavy atom. The number of anilines is 1. The van der Waals surface area contributed by atoms with Gasteiger partial charge in [-0.15, -0.1) is 0 Å². The van der Waals surface area contributed by atoms with E-state index in [1.54, 1.807) is 6.07 Å². The second kappa shape index (κ2) is 5.45. The summed E-state index contributed by atoms with van der Waals surface area (Å²) in [4.78, 5) is 19.4. The molecule has 0 spiro atoms. The van der Waals surface area contributed by atoms with E-state index in [1.165, 1.54) is 30.1 Å². The molecule has 0 radical (unpaired) electrons. The van der Waals surface area contributed by atoms with Crippen LogP contribution in [0.4, 0.5) is 11.6 Å². The number of nitrogens with zero attached hydrogens (tertiary/aromatic N) is 6. The zero-order valence-electron chi connectivity index (χ0n) is 13.1. The van der Waals surface area contributed by atoms with Crippen molar-refractivity contribution in [2.24, 2.45) is 5.92 Å². The molecule has 0 amide bonds. The molecule has 2 aromatic rings. The number of nitro groups is 1. The zero-order valence-corrected chi connectivity index (χ0v) is 13.1. The second-order valence-electron chi connectivity index (χ2n) is 6.52. The molecule has 2 saturated heterocycles. The maximum absolute atomic E-state index is 11.1. The first-order valence-electron chi connectivity index (χ1n) is 8.08. The van der Waals surface area contributed by atoms with Crippen molar-refractivity contribution >= 4 is 17.3 Å². The van der Waals surface area contributed by atoms with Crippen LogP contribution in [0.2, 0.25) is 0 Å². The van der Waals surface area contributed by atoms with Gasteiger partial charge in [0.05, 0.1) is 0 Å². The third-order valence-corrected chi connectivity index (χ3v) is 5.19. The Bertz CT molecular complexity index is 745. The van der Waals surface area contributed by atoms with Crippen molar-refractivity contribution in [3.63, 3.8) is 0 Å². The van der Waals surface area contributed by atoms with Crippen molar-refractivity contribution in [2.45, 2.75) is 25.3 Å². The van der Waals surface area contributed by atoms with Crippen LogP contribution in [-0.4, -0.2) is 57.1 Å². The maximum atomic E-state index is 11.1. The molecular formula is C15H20N6O2. The van der Waals surface area contributed by atoms with E-state index in [4.69, 9.17) is 0 Å². The lowest BCUT2D eigenvalue weighted by molar-refractivity contribution is -0.391. The van der Waals surface area contributed by atoms with E-state index < -0.39 is 4.92 Å². The summed E-state index contributed by atoms with van der Waals surface area (Å²) < 4.78 is 1.33. The third-order valence-electron chi connectivity index (χ3n) is 5.19. The summed E-state index contributed by atoms with van der Waals surface area (Å²) in [5, 5.41) is 15.5. The van der Waals surface area contributed by atoms with Gasteiger partial charge in [0.2, 0.25) is 5.65 Å². The van der Waals surface area contributed by atoms with E-state index in [1.807, 2.05) is 6.07 Å². The fourth-order valence-corrected chi connectivity index (χ4v) is 4.01. The molecule has 0 aromatic carbocycles. The minimum Gasteiger partial charge on any atom is -0.358 e. The number of imidazole rings is 1. The van der Waals surface area contributed by atoms with Crippen LogP contribution in [-0.2, 0) is 0 Å². The molecule has 122 valence electrons. The smallest absolute Gasteiger partial charge is 0.358 e. The molecule has 0 N–H and O–H groups in total. The molecule has 8 heteroatoms. The van der Waals surface area contributed by atoms with Gasteiger partial charge in [-0.3, -0.25) is 0 Å². The van der Waals surface area contributed by atoms with Gasteiger partial charge in [-0.2, -0.15) is 0 Å². The van der Waals surface area contributed by atoms with Crippen LogP contribution in [0.15, 0.2) is 18.3 Å². The lowest BCUT2D eigenvalue weighted by Gasteiger charge is -2.46. The van der Waals surface area contributed by atoms with E-state index in [-0.39, 0.29) is 5.82 Å². The van der Waals surface area contributed by atoms with Gasteiger partial charge >= 0.3 is 5.82 Å². The number of piperidine rings is 2. The summed E-state index contributed by atoms with van der Waals surface area (Å²) in [5.41, 5.74) is 0.507. The predicted molar refractivity (Wildman–Crippen MR) is 85.6 cm³/mol. The van der Waals surface area contributed by atoms with Gasteiger partial charge in [-0.05, 0) is 49.8 Å². The Balaban J connectivity index is 1.62. The number of hydrogen-bond acceptors (Lipinski definition) is 6. The zero-order chi connectivity index (χ0) is 16.0. The fraction of sp³-hybridized carbons (Fsp3) is 0.600. The molecule has 2 aliphatic heterocycles. The molecule has 2 atom stereocenters. The van der Waals surface area contributed by atoms with Gasteiger partial charge < -0.3 is 19.9 Å². The van der Waals surface area contributed by atoms with E-state index in [2.05, 4.69) is 26.9 Å². The summed E-state index contributed by atoms with van der Waals surface area (Å²) in [7, 11) is 2.21. The fourth-order valence-electron chi connectivity index (χ4n) is 4.01. The van der Waals surface area contributed by atoms with Crippen molar-refractivity contribution < 1.29 is 4.92 Å². The van der Waals surface area contributed by atoms with Crippen LogP contribution in [0.25, 0.3) is 5.65 Å². The van der Waals surface area contributed by atoms with Gasteiger partial charge in [-0.1, -0.05) is 9.61 Å². The summed E-state index contributed by atoms with van der Waals surface area (Å²) >= 11 is 0. The highest BCUT2D eigenvalue weighted by molar-refractivity contribution is 5.49. The average Bonchev–Trinajstić information content (AvgIpc) is 2.98. The van der Waals surface area contributed by atoms with Crippen LogP contribution < -0.4 is 4.90 Å². The second-order valence-corrected chi connectivity index (χ2v) is 6.52. The third kappa shape index (κ3) is 2.42. The van der Waals surface area contributed by atoms with Crippen molar-refractivity contribution in [3.8, 4) is 0 Å². The van der Waals surface area contributed by atoms with Crippen LogP contribution in [0.1, 0.15) is 19.3 Å². The number of likely N-dealkylation sites (tertiary alicyclic amines) is 1. The molecule has 23 heavy (non-hydrogen) atoms. The highest BCUT2D eigenvalue weighted by Crippen LogP contribution is 2.31. The Morgan fingerprint density at radius 3 is 3.00 bits per heavy atom. The van der Waals surface area contributed by atoms with Crippen molar-refractivity contribution in [1.82, 2.24) is 19.5 Å². The van der Waals surface area contributed by atoms with Crippen LogP contribution in [0, 0.1) is 16.0 Å². The molecule has 2 unspecified atom stereocenters. The number of hydrogen-bond donors (Lipinski definition) is 0. The minimum atomic E-state index is -0.445. The standard InChI is InChI=1S/C15H20N6O2/c1-18-7-2-3-11-10-19(8-6-12(11)18)14-5-4-13-16-9-15(21(22)23)20(13)17-14/h4-5,9,11-12H,2-3,6-8,10H2,1H3. The normalized spacial score (nSPS) is 25.5. The molecule has 4 rings (SSSR count). The molecule has 0 aliphatic carbocycles. The SMILES string of the molecule is CN1CCCC2CN(c3ccc4ncc([N+](=O)[O-])n4n3)CCC21. The molecule has 2 fully saturated rings.